The lowest BCUT2D eigenvalue weighted by Gasteiger charge is -2.04. The van der Waals surface area contributed by atoms with E-state index in [0.717, 1.165) is 12.8 Å². The van der Waals surface area contributed by atoms with Crippen molar-refractivity contribution in [2.24, 2.45) is 0 Å². The number of nitrogens with one attached hydrogen (secondary N) is 1. The van der Waals surface area contributed by atoms with Crippen LogP contribution in [0.2, 0.25) is 0 Å². The number of nitrogens with zero attached hydrogens (tertiary/aromatic N) is 1. The maximum Gasteiger partial charge on any atom is 0.328 e. The van der Waals surface area contributed by atoms with Gasteiger partial charge in [-0.25, -0.2) is 4.79 Å². The van der Waals surface area contributed by atoms with Crippen LogP contribution in [0.5, 0.6) is 0 Å². The summed E-state index contributed by atoms with van der Waals surface area (Å²) >= 11 is 0. The third kappa shape index (κ3) is 1.78. The highest BCUT2D eigenvalue weighted by atomic mass is 16.2. The number of fused-ring (bicyclic) bond motifs is 1. The Bertz CT molecular complexity index is 610. The second-order valence-electron chi connectivity index (χ2n) is 3.79. The van der Waals surface area contributed by atoms with E-state index < -0.39 is 0 Å². The van der Waals surface area contributed by atoms with E-state index in [9.17, 15) is 9.59 Å². The molecule has 0 atom stereocenters. The maximum absolute atomic E-state index is 12.0. The summed E-state index contributed by atoms with van der Waals surface area (Å²) in [4.78, 5) is 26.4. The highest BCUT2D eigenvalue weighted by Gasteiger charge is 2.05. The van der Waals surface area contributed by atoms with Crippen molar-refractivity contribution in [2.75, 3.05) is 0 Å². The van der Waals surface area contributed by atoms with Gasteiger partial charge in [0.25, 0.3) is 5.56 Å². The quantitative estimate of drug-likeness (QED) is 0.848. The molecule has 0 bridgehead atoms. The third-order valence-electron chi connectivity index (χ3n) is 2.62. The summed E-state index contributed by atoms with van der Waals surface area (Å²) in [5, 5.41) is 0.568. The summed E-state index contributed by atoms with van der Waals surface area (Å²) in [6.45, 7) is 2.51. The minimum absolute atomic E-state index is 0.201. The lowest BCUT2D eigenvalue weighted by atomic mass is 10.2. The number of hydrogen-bond donors (Lipinski definition) is 1. The summed E-state index contributed by atoms with van der Waals surface area (Å²) < 4.78 is 1.27. The van der Waals surface area contributed by atoms with Gasteiger partial charge in [0, 0.05) is 6.54 Å². The Morgan fingerprint density at radius 2 is 2.00 bits per heavy atom. The Morgan fingerprint density at radius 3 is 2.75 bits per heavy atom. The zero-order valence-corrected chi connectivity index (χ0v) is 9.19. The van der Waals surface area contributed by atoms with Crippen molar-refractivity contribution in [3.8, 4) is 0 Å². The molecular weight excluding hydrogens is 204 g/mol. The van der Waals surface area contributed by atoms with Crippen LogP contribution in [0.1, 0.15) is 19.8 Å². The van der Waals surface area contributed by atoms with Gasteiger partial charge >= 0.3 is 5.69 Å². The topological polar surface area (TPSA) is 54.9 Å². The third-order valence-corrected chi connectivity index (χ3v) is 2.62. The molecule has 0 aliphatic carbocycles. The van der Waals surface area contributed by atoms with E-state index in [4.69, 9.17) is 0 Å². The number of rotatable bonds is 3. The fraction of sp³-hybridized carbons (Fsp3) is 0.333. The van der Waals surface area contributed by atoms with Crippen molar-refractivity contribution < 1.29 is 0 Å². The molecule has 1 aromatic heterocycles. The minimum atomic E-state index is -0.322. The van der Waals surface area contributed by atoms with Crippen molar-refractivity contribution in [3.63, 3.8) is 0 Å². The van der Waals surface area contributed by atoms with Crippen molar-refractivity contribution in [2.45, 2.75) is 26.3 Å². The van der Waals surface area contributed by atoms with Crippen molar-refractivity contribution in [1.29, 1.82) is 0 Å². The Morgan fingerprint density at radius 1 is 1.25 bits per heavy atom. The molecule has 0 aliphatic heterocycles. The van der Waals surface area contributed by atoms with Gasteiger partial charge in [-0.15, -0.1) is 0 Å². The smallest absolute Gasteiger partial charge is 0.307 e. The van der Waals surface area contributed by atoms with E-state index in [0.29, 0.717) is 17.4 Å². The van der Waals surface area contributed by atoms with E-state index in [1.165, 1.54) is 4.57 Å². The highest BCUT2D eigenvalue weighted by Crippen LogP contribution is 2.03. The fourth-order valence-corrected chi connectivity index (χ4v) is 1.72. The molecule has 4 nitrogen and oxygen atoms in total. The van der Waals surface area contributed by atoms with Gasteiger partial charge < -0.3 is 4.98 Å². The summed E-state index contributed by atoms with van der Waals surface area (Å²) in [5.74, 6) is 0. The molecule has 0 amide bonds. The monoisotopic (exact) mass is 218 g/mol. The molecule has 0 saturated heterocycles. The van der Waals surface area contributed by atoms with Crippen LogP contribution in [0, 0.1) is 0 Å². The molecule has 0 saturated carbocycles. The van der Waals surface area contributed by atoms with Crippen LogP contribution in [-0.4, -0.2) is 9.55 Å². The van der Waals surface area contributed by atoms with Gasteiger partial charge in [0.1, 0.15) is 0 Å². The minimum Gasteiger partial charge on any atom is -0.307 e. The van der Waals surface area contributed by atoms with Crippen LogP contribution in [0.15, 0.2) is 33.9 Å². The van der Waals surface area contributed by atoms with Gasteiger partial charge in [0.05, 0.1) is 10.9 Å². The second kappa shape index (κ2) is 4.35. The number of para-hydroxylation sites is 1. The van der Waals surface area contributed by atoms with Gasteiger partial charge in [-0.2, -0.15) is 0 Å². The molecule has 0 spiro atoms. The molecule has 4 heteroatoms. The number of benzene rings is 1. The Kier molecular flexibility index (Phi) is 2.90. The lowest BCUT2D eigenvalue weighted by Crippen LogP contribution is -2.34. The number of aromatic nitrogens is 2. The van der Waals surface area contributed by atoms with Gasteiger partial charge in [-0.1, -0.05) is 25.5 Å². The summed E-state index contributed by atoms with van der Waals surface area (Å²) in [7, 11) is 0. The van der Waals surface area contributed by atoms with E-state index >= 15 is 0 Å². The summed E-state index contributed by atoms with van der Waals surface area (Å²) in [5.41, 5.74) is 0.0789. The van der Waals surface area contributed by atoms with Crippen LogP contribution in [0.25, 0.3) is 10.9 Å². The van der Waals surface area contributed by atoms with E-state index in [2.05, 4.69) is 4.98 Å². The molecule has 0 fully saturated rings. The second-order valence-corrected chi connectivity index (χ2v) is 3.79. The average molecular weight is 218 g/mol. The molecule has 1 heterocycles. The zero-order valence-electron chi connectivity index (χ0n) is 9.19. The van der Waals surface area contributed by atoms with E-state index in [-0.39, 0.29) is 11.2 Å². The number of aromatic amines is 1. The Hall–Kier alpha value is -1.84. The fourth-order valence-electron chi connectivity index (χ4n) is 1.72. The Labute approximate surface area is 92.5 Å². The van der Waals surface area contributed by atoms with Crippen LogP contribution in [-0.2, 0) is 6.54 Å². The molecule has 0 aliphatic rings. The van der Waals surface area contributed by atoms with Crippen molar-refractivity contribution in [1.82, 2.24) is 9.55 Å². The first kappa shape index (κ1) is 10.7. The first-order valence-corrected chi connectivity index (χ1v) is 5.46. The number of unbranched alkanes of at least 4 members (excludes halogenated alkanes) is 1. The predicted molar refractivity (Wildman–Crippen MR) is 63.7 cm³/mol. The van der Waals surface area contributed by atoms with Crippen LogP contribution in [0.4, 0.5) is 0 Å². The van der Waals surface area contributed by atoms with Crippen LogP contribution < -0.4 is 11.2 Å². The highest BCUT2D eigenvalue weighted by molar-refractivity contribution is 5.76. The predicted octanol–water partition coefficient (Wildman–Crippen LogP) is 1.49. The maximum atomic E-state index is 12.0. The normalized spacial score (nSPS) is 10.8. The van der Waals surface area contributed by atoms with Crippen LogP contribution in [0.3, 0.4) is 0 Å². The molecule has 2 rings (SSSR count). The Balaban J connectivity index is 2.66. The van der Waals surface area contributed by atoms with Crippen LogP contribution >= 0.6 is 0 Å². The number of hydrogen-bond acceptors (Lipinski definition) is 2. The largest absolute Gasteiger partial charge is 0.328 e. The van der Waals surface area contributed by atoms with Gasteiger partial charge in [0.2, 0.25) is 0 Å². The van der Waals surface area contributed by atoms with Crippen molar-refractivity contribution in [3.05, 3.63) is 45.1 Å². The average Bonchev–Trinajstić information content (AvgIpc) is 2.29. The standard InChI is InChI=1S/C12H14N2O2/c1-2-3-8-14-11(15)9-6-4-5-7-10(9)13-12(14)16/h4-7H,2-3,8H2,1H3,(H,13,16). The van der Waals surface area contributed by atoms with Crippen molar-refractivity contribution >= 4 is 10.9 Å². The molecule has 2 aromatic rings. The molecule has 16 heavy (non-hydrogen) atoms. The summed E-state index contributed by atoms with van der Waals surface area (Å²) in [6.07, 6.45) is 1.79. The summed E-state index contributed by atoms with van der Waals surface area (Å²) in [6, 6.07) is 7.07. The molecule has 84 valence electrons. The van der Waals surface area contributed by atoms with E-state index in [1.54, 1.807) is 24.3 Å². The SMILES string of the molecule is CCCCn1c(=O)[nH]c2ccccc2c1=O. The van der Waals surface area contributed by atoms with Gasteiger partial charge in [-0.05, 0) is 18.6 Å². The first-order valence-electron chi connectivity index (χ1n) is 5.46. The molecule has 0 unspecified atom stereocenters. The molecule has 0 radical (unpaired) electrons. The molecule has 1 N–H and O–H groups in total. The number of H-pyrrole nitrogens is 1. The lowest BCUT2D eigenvalue weighted by molar-refractivity contribution is 0.589. The van der Waals surface area contributed by atoms with Gasteiger partial charge in [0.15, 0.2) is 0 Å². The zero-order chi connectivity index (χ0) is 11.5. The molecular formula is C12H14N2O2. The molecule has 1 aromatic carbocycles. The van der Waals surface area contributed by atoms with Gasteiger partial charge in [-0.3, -0.25) is 9.36 Å². The van der Waals surface area contributed by atoms with E-state index in [1.807, 2.05) is 6.92 Å². The first-order chi connectivity index (χ1) is 7.74.